The van der Waals surface area contributed by atoms with Crippen LogP contribution in [0.15, 0.2) is 34.3 Å². The maximum atomic E-state index is 5.98. The van der Waals surface area contributed by atoms with Crippen molar-refractivity contribution in [1.29, 1.82) is 0 Å². The molecule has 0 bridgehead atoms. The van der Waals surface area contributed by atoms with Gasteiger partial charge in [0, 0.05) is 20.1 Å². The number of hydrogen-bond acceptors (Lipinski definition) is 6. The van der Waals surface area contributed by atoms with E-state index in [-0.39, 0.29) is 7.43 Å². The van der Waals surface area contributed by atoms with Gasteiger partial charge in [0.1, 0.15) is 0 Å². The molecule has 2 aliphatic rings. The minimum atomic E-state index is 0. The lowest BCUT2D eigenvalue weighted by atomic mass is 9.85. The highest BCUT2D eigenvalue weighted by Crippen LogP contribution is 2.46. The van der Waals surface area contributed by atoms with Crippen molar-refractivity contribution in [2.75, 3.05) is 20.1 Å². The van der Waals surface area contributed by atoms with E-state index in [0.29, 0.717) is 10.3 Å². The van der Waals surface area contributed by atoms with Gasteiger partial charge in [0.05, 0.1) is 23.3 Å². The lowest BCUT2D eigenvalue weighted by Crippen LogP contribution is -2.13. The van der Waals surface area contributed by atoms with E-state index in [1.165, 1.54) is 36.6 Å². The Morgan fingerprint density at radius 2 is 2.00 bits per heavy atom. The summed E-state index contributed by atoms with van der Waals surface area (Å²) in [6.45, 7) is 12.1. The summed E-state index contributed by atoms with van der Waals surface area (Å²) in [4.78, 5) is 5.90. The zero-order chi connectivity index (χ0) is 20.4. The van der Waals surface area contributed by atoms with Crippen molar-refractivity contribution in [2.24, 2.45) is 11.8 Å². The number of aromatic nitrogens is 1. The molecule has 1 saturated carbocycles. The summed E-state index contributed by atoms with van der Waals surface area (Å²) in [5.74, 6) is 2.07. The SMILES string of the molecule is C.C=C(S)N(C)/C=C\C.CCC.[B]C1CC2CN(Sc3cnc(Cl)s3)C[C@H]2C1. The Bertz CT molecular complexity index is 583. The molecule has 0 spiro atoms. The number of thiol groups is 1. The molecule has 2 fully saturated rings. The molecule has 2 unspecified atom stereocenters. The second-order valence-electron chi connectivity index (χ2n) is 6.84. The Morgan fingerprint density at radius 3 is 2.36 bits per heavy atom. The van der Waals surface area contributed by atoms with Gasteiger partial charge in [0.25, 0.3) is 0 Å². The Morgan fingerprint density at radius 1 is 1.46 bits per heavy atom. The van der Waals surface area contributed by atoms with E-state index in [0.717, 1.165) is 16.9 Å². The summed E-state index contributed by atoms with van der Waals surface area (Å²) in [5, 5.41) is 0.753. The van der Waals surface area contributed by atoms with Crippen LogP contribution >= 0.6 is 47.5 Å². The van der Waals surface area contributed by atoms with Crippen molar-refractivity contribution in [3.8, 4) is 0 Å². The van der Waals surface area contributed by atoms with Gasteiger partial charge >= 0.3 is 0 Å². The van der Waals surface area contributed by atoms with Crippen molar-refractivity contribution >= 4 is 55.4 Å². The smallest absolute Gasteiger partial charge is 0.184 e. The van der Waals surface area contributed by atoms with Crippen LogP contribution in [0.4, 0.5) is 0 Å². The number of nitrogens with zero attached hydrogens (tertiary/aromatic N) is 3. The molecule has 2 heterocycles. The van der Waals surface area contributed by atoms with Gasteiger partial charge in [-0.3, -0.25) is 0 Å². The van der Waals surface area contributed by atoms with Crippen molar-refractivity contribution in [2.45, 2.75) is 57.5 Å². The average molecular weight is 460 g/mol. The summed E-state index contributed by atoms with van der Waals surface area (Å²) in [6.07, 6.45) is 9.34. The first-order valence-corrected chi connectivity index (χ1v) is 11.7. The molecule has 1 aliphatic carbocycles. The first kappa shape index (κ1) is 27.9. The molecule has 1 aromatic rings. The Kier molecular flexibility index (Phi) is 14.8. The molecular weight excluding hydrogens is 425 g/mol. The van der Waals surface area contributed by atoms with E-state index in [9.17, 15) is 0 Å². The molecule has 0 amide bonds. The molecule has 1 aromatic heterocycles. The number of fused-ring (bicyclic) bond motifs is 1. The van der Waals surface area contributed by atoms with Crippen LogP contribution in [0.25, 0.3) is 0 Å². The lowest BCUT2D eigenvalue weighted by Gasteiger charge is -2.14. The topological polar surface area (TPSA) is 19.4 Å². The lowest BCUT2D eigenvalue weighted by molar-refractivity contribution is 0.494. The maximum Gasteiger partial charge on any atom is 0.184 e. The number of rotatable bonds is 4. The van der Waals surface area contributed by atoms with Gasteiger partial charge in [-0.1, -0.05) is 81.9 Å². The summed E-state index contributed by atoms with van der Waals surface area (Å²) in [5.41, 5.74) is 0. The maximum absolute atomic E-state index is 5.98. The molecular formula is C20H35BClN3S3. The van der Waals surface area contributed by atoms with E-state index < -0.39 is 0 Å². The summed E-state index contributed by atoms with van der Waals surface area (Å²) < 4.78 is 4.25. The Labute approximate surface area is 193 Å². The Balaban J connectivity index is 0.000000521. The van der Waals surface area contributed by atoms with E-state index >= 15 is 0 Å². The van der Waals surface area contributed by atoms with Crippen LogP contribution in [0.1, 0.15) is 47.5 Å². The number of halogens is 1. The highest BCUT2D eigenvalue weighted by Gasteiger charge is 2.39. The number of hydrogen-bond donors (Lipinski definition) is 1. The number of allylic oxidation sites excluding steroid dienone is 1. The first-order valence-electron chi connectivity index (χ1n) is 9.33. The van der Waals surface area contributed by atoms with Gasteiger partial charge in [-0.15, -0.1) is 12.6 Å². The van der Waals surface area contributed by atoms with Crippen molar-refractivity contribution in [3.05, 3.63) is 34.5 Å². The fourth-order valence-corrected chi connectivity index (χ4v) is 5.56. The van der Waals surface area contributed by atoms with Gasteiger partial charge in [0.2, 0.25) is 0 Å². The van der Waals surface area contributed by atoms with Crippen molar-refractivity contribution in [3.63, 3.8) is 0 Å². The fraction of sp³-hybridized carbons (Fsp3) is 0.650. The van der Waals surface area contributed by atoms with Crippen LogP contribution in [0.2, 0.25) is 10.3 Å². The minimum absolute atomic E-state index is 0. The molecule has 1 saturated heterocycles. The third kappa shape index (κ3) is 10.1. The van der Waals surface area contributed by atoms with Crippen LogP contribution in [0.5, 0.6) is 0 Å². The predicted molar refractivity (Wildman–Crippen MR) is 134 cm³/mol. The highest BCUT2D eigenvalue weighted by molar-refractivity contribution is 7.99. The van der Waals surface area contributed by atoms with Crippen LogP contribution in [-0.4, -0.2) is 42.2 Å². The molecule has 3 atom stereocenters. The minimum Gasteiger partial charge on any atom is -0.347 e. The van der Waals surface area contributed by atoms with Gasteiger partial charge in [-0.05, 0) is 36.9 Å². The van der Waals surface area contributed by atoms with E-state index in [1.54, 1.807) is 23.3 Å². The third-order valence-corrected chi connectivity index (χ3v) is 6.75. The molecule has 0 aromatic carbocycles. The van der Waals surface area contributed by atoms with Crippen LogP contribution in [0, 0.1) is 11.8 Å². The van der Waals surface area contributed by atoms with E-state index in [4.69, 9.17) is 19.4 Å². The first-order chi connectivity index (χ1) is 12.8. The molecule has 2 radical (unpaired) electrons. The monoisotopic (exact) mass is 459 g/mol. The zero-order valence-electron chi connectivity index (χ0n) is 16.8. The number of thiazole rings is 1. The van der Waals surface area contributed by atoms with Gasteiger partial charge < -0.3 is 4.90 Å². The third-order valence-electron chi connectivity index (χ3n) is 4.21. The largest absolute Gasteiger partial charge is 0.347 e. The molecule has 8 heteroatoms. The second kappa shape index (κ2) is 14.8. The quantitative estimate of drug-likeness (QED) is 0.296. The van der Waals surface area contributed by atoms with E-state index in [1.807, 2.05) is 37.3 Å². The average Bonchev–Trinajstić information content (AvgIpc) is 3.24. The van der Waals surface area contributed by atoms with Crippen molar-refractivity contribution < 1.29 is 0 Å². The fourth-order valence-electron chi connectivity index (χ4n) is 3.10. The predicted octanol–water partition coefficient (Wildman–Crippen LogP) is 7.01. The highest BCUT2D eigenvalue weighted by atomic mass is 35.5. The van der Waals surface area contributed by atoms with Crippen LogP contribution in [0.3, 0.4) is 0 Å². The molecule has 3 rings (SSSR count). The van der Waals surface area contributed by atoms with Gasteiger partial charge in [-0.25, -0.2) is 9.29 Å². The molecule has 28 heavy (non-hydrogen) atoms. The molecule has 158 valence electrons. The van der Waals surface area contributed by atoms with Crippen LogP contribution < -0.4 is 0 Å². The van der Waals surface area contributed by atoms with Crippen molar-refractivity contribution in [1.82, 2.24) is 14.2 Å². The standard InChI is InChI=1S/C10H12BClN2S2.C6H11NS.C3H8.CH4/c11-8-1-6-4-14(5-7(6)2-8)16-9-3-13-10(12)15-9;1-4-5-7(3)6(2)8;1-3-2;/h3,6-8H,1-2,4-5H2;4-5,8H,2H2,1,3H3;3H2,1-2H3;1H4/b;5-4-;;/t6-,7?,8?;;;/m1.../s1. The normalized spacial score (nSPS) is 23.1. The second-order valence-corrected chi connectivity index (χ2v) is 10.4. The molecule has 3 nitrogen and oxygen atoms in total. The van der Waals surface area contributed by atoms with Crippen LogP contribution in [-0.2, 0) is 0 Å². The zero-order valence-corrected chi connectivity index (χ0v) is 20.1. The van der Waals surface area contributed by atoms with Gasteiger partial charge in [0.15, 0.2) is 4.47 Å². The summed E-state index contributed by atoms with van der Waals surface area (Å²) >= 11 is 13.2. The Hall–Kier alpha value is -0.0751. The van der Waals surface area contributed by atoms with E-state index in [2.05, 4.69) is 42.3 Å². The van der Waals surface area contributed by atoms with Gasteiger partial charge in [-0.2, -0.15) is 0 Å². The molecule has 1 aliphatic heterocycles. The summed E-state index contributed by atoms with van der Waals surface area (Å²) in [7, 11) is 7.87. The molecule has 0 N–H and O–H groups in total. The summed E-state index contributed by atoms with van der Waals surface area (Å²) in [6, 6.07) is 0.